The predicted octanol–water partition coefficient (Wildman–Crippen LogP) is 2.65. The first kappa shape index (κ1) is 17.7. The monoisotopic (exact) mass is 336 g/mol. The summed E-state index contributed by atoms with van der Waals surface area (Å²) in [6.45, 7) is 1.01. The molecule has 2 rings (SSSR count). The van der Waals surface area contributed by atoms with E-state index in [0.717, 1.165) is 12.8 Å². The standard InChI is InChI=1S/C17H24N2O3S/c1-21-11-12-22-15-9-7-13(8-10-15)16(20)19-17(23)18-14-5-3-2-4-6-14/h7-10,14H,2-6,11-12H2,1H3,(H2,18,19,20,23). The van der Waals surface area contributed by atoms with Crippen molar-refractivity contribution in [2.24, 2.45) is 0 Å². The SMILES string of the molecule is COCCOc1ccc(C(=O)NC(=S)NC2CCCCC2)cc1. The van der Waals surface area contributed by atoms with Crippen molar-refractivity contribution in [3.8, 4) is 5.75 Å². The Kier molecular flexibility index (Phi) is 7.29. The first-order chi connectivity index (χ1) is 11.2. The molecule has 0 saturated heterocycles. The molecule has 0 spiro atoms. The van der Waals surface area contributed by atoms with Crippen molar-refractivity contribution in [1.29, 1.82) is 0 Å². The number of thiocarbonyl (C=S) groups is 1. The summed E-state index contributed by atoms with van der Waals surface area (Å²) in [5.74, 6) is 0.503. The molecule has 0 unspecified atom stereocenters. The molecule has 0 aromatic heterocycles. The second-order valence-corrected chi connectivity index (χ2v) is 6.04. The number of hydrogen-bond donors (Lipinski definition) is 2. The molecular weight excluding hydrogens is 312 g/mol. The van der Waals surface area contributed by atoms with Crippen LogP contribution >= 0.6 is 12.2 Å². The van der Waals surface area contributed by atoms with Crippen LogP contribution in [0.2, 0.25) is 0 Å². The van der Waals surface area contributed by atoms with Crippen LogP contribution in [0.1, 0.15) is 42.5 Å². The summed E-state index contributed by atoms with van der Waals surface area (Å²) in [4.78, 5) is 12.2. The topological polar surface area (TPSA) is 59.6 Å². The van der Waals surface area contributed by atoms with E-state index in [4.69, 9.17) is 21.7 Å². The van der Waals surface area contributed by atoms with Gasteiger partial charge in [0.2, 0.25) is 0 Å². The van der Waals surface area contributed by atoms with Gasteiger partial charge in [-0.3, -0.25) is 10.1 Å². The second kappa shape index (κ2) is 9.47. The molecule has 1 aromatic rings. The summed E-state index contributed by atoms with van der Waals surface area (Å²) in [5, 5.41) is 6.37. The minimum atomic E-state index is -0.207. The first-order valence-electron chi connectivity index (χ1n) is 8.02. The van der Waals surface area contributed by atoms with Crippen molar-refractivity contribution in [2.45, 2.75) is 38.1 Å². The van der Waals surface area contributed by atoms with Crippen molar-refractivity contribution >= 4 is 23.2 Å². The third kappa shape index (κ3) is 6.15. The fraction of sp³-hybridized carbons (Fsp3) is 0.529. The van der Waals surface area contributed by atoms with Gasteiger partial charge in [0, 0.05) is 18.7 Å². The Hall–Kier alpha value is -1.66. The number of carbonyl (C=O) groups is 1. The molecule has 1 saturated carbocycles. The number of rotatable bonds is 6. The molecule has 1 aliphatic rings. The maximum Gasteiger partial charge on any atom is 0.257 e. The van der Waals surface area contributed by atoms with Crippen LogP contribution < -0.4 is 15.4 Å². The highest BCUT2D eigenvalue weighted by Gasteiger charge is 2.15. The summed E-state index contributed by atoms with van der Waals surface area (Å²) < 4.78 is 10.4. The van der Waals surface area contributed by atoms with Crippen molar-refractivity contribution in [2.75, 3.05) is 20.3 Å². The molecule has 0 heterocycles. The fourth-order valence-corrected chi connectivity index (χ4v) is 2.85. The smallest absolute Gasteiger partial charge is 0.257 e. The van der Waals surface area contributed by atoms with E-state index in [2.05, 4.69) is 10.6 Å². The van der Waals surface area contributed by atoms with Gasteiger partial charge in [-0.05, 0) is 49.3 Å². The van der Waals surface area contributed by atoms with Crippen molar-refractivity contribution in [3.05, 3.63) is 29.8 Å². The molecule has 2 N–H and O–H groups in total. The maximum atomic E-state index is 12.2. The Morgan fingerprint density at radius 2 is 1.87 bits per heavy atom. The van der Waals surface area contributed by atoms with E-state index in [1.54, 1.807) is 31.4 Å². The highest BCUT2D eigenvalue weighted by molar-refractivity contribution is 7.80. The molecule has 0 radical (unpaired) electrons. The molecule has 6 heteroatoms. The molecule has 23 heavy (non-hydrogen) atoms. The van der Waals surface area contributed by atoms with E-state index in [9.17, 15) is 4.79 Å². The number of hydrogen-bond acceptors (Lipinski definition) is 4. The van der Waals surface area contributed by atoms with Gasteiger partial charge in [0.05, 0.1) is 6.61 Å². The fourth-order valence-electron chi connectivity index (χ4n) is 2.59. The van der Waals surface area contributed by atoms with Crippen LogP contribution in [0.15, 0.2) is 24.3 Å². The molecule has 1 aromatic carbocycles. The Morgan fingerprint density at radius 1 is 1.17 bits per heavy atom. The van der Waals surface area contributed by atoms with Crippen LogP contribution in [0.5, 0.6) is 5.75 Å². The van der Waals surface area contributed by atoms with E-state index in [1.807, 2.05) is 0 Å². The largest absolute Gasteiger partial charge is 0.491 e. The van der Waals surface area contributed by atoms with E-state index in [-0.39, 0.29) is 5.91 Å². The van der Waals surface area contributed by atoms with Crippen molar-refractivity contribution < 1.29 is 14.3 Å². The molecule has 0 aliphatic heterocycles. The van der Waals surface area contributed by atoms with Gasteiger partial charge in [-0.2, -0.15) is 0 Å². The average Bonchev–Trinajstić information content (AvgIpc) is 2.56. The lowest BCUT2D eigenvalue weighted by Crippen LogP contribution is -2.44. The van der Waals surface area contributed by atoms with Crippen LogP contribution in [0.4, 0.5) is 0 Å². The van der Waals surface area contributed by atoms with Crippen LogP contribution in [0.25, 0.3) is 0 Å². The highest BCUT2D eigenvalue weighted by atomic mass is 32.1. The zero-order valence-electron chi connectivity index (χ0n) is 13.5. The predicted molar refractivity (Wildman–Crippen MR) is 93.9 cm³/mol. The lowest BCUT2D eigenvalue weighted by Gasteiger charge is -2.24. The van der Waals surface area contributed by atoms with Gasteiger partial charge in [0.1, 0.15) is 12.4 Å². The molecule has 0 bridgehead atoms. The molecule has 5 nitrogen and oxygen atoms in total. The van der Waals surface area contributed by atoms with E-state index < -0.39 is 0 Å². The third-order valence-corrected chi connectivity index (χ3v) is 4.06. The van der Waals surface area contributed by atoms with E-state index in [1.165, 1.54) is 19.3 Å². The van der Waals surface area contributed by atoms with Crippen LogP contribution in [-0.4, -0.2) is 37.4 Å². The summed E-state index contributed by atoms with van der Waals surface area (Å²) in [7, 11) is 1.63. The lowest BCUT2D eigenvalue weighted by molar-refractivity contribution is 0.0976. The van der Waals surface area contributed by atoms with E-state index in [0.29, 0.717) is 35.7 Å². The normalized spacial score (nSPS) is 15.0. The number of nitrogens with one attached hydrogen (secondary N) is 2. The zero-order chi connectivity index (χ0) is 16.5. The van der Waals surface area contributed by atoms with E-state index >= 15 is 0 Å². The first-order valence-corrected chi connectivity index (χ1v) is 8.43. The van der Waals surface area contributed by atoms with Crippen molar-refractivity contribution in [1.82, 2.24) is 10.6 Å². The zero-order valence-corrected chi connectivity index (χ0v) is 14.3. The molecule has 1 fully saturated rings. The number of amides is 1. The number of carbonyl (C=O) groups excluding carboxylic acids is 1. The van der Waals surface area contributed by atoms with Crippen LogP contribution in [0.3, 0.4) is 0 Å². The number of benzene rings is 1. The third-order valence-electron chi connectivity index (χ3n) is 3.84. The molecule has 126 valence electrons. The Bertz CT molecular complexity index is 513. The summed E-state index contributed by atoms with van der Waals surface area (Å²) in [6, 6.07) is 7.36. The lowest BCUT2D eigenvalue weighted by atomic mass is 9.96. The molecule has 1 amide bonds. The number of methoxy groups -OCH3 is 1. The Labute approximate surface area is 142 Å². The quantitative estimate of drug-likeness (QED) is 0.618. The minimum Gasteiger partial charge on any atom is -0.491 e. The van der Waals surface area contributed by atoms with Crippen LogP contribution in [-0.2, 0) is 4.74 Å². The van der Waals surface area contributed by atoms with Gasteiger partial charge < -0.3 is 14.8 Å². The van der Waals surface area contributed by atoms with Gasteiger partial charge in [-0.1, -0.05) is 19.3 Å². The summed E-state index contributed by atoms with van der Waals surface area (Å²) in [5.41, 5.74) is 0.553. The number of ether oxygens (including phenoxy) is 2. The second-order valence-electron chi connectivity index (χ2n) is 5.63. The van der Waals surface area contributed by atoms with Gasteiger partial charge in [0.25, 0.3) is 5.91 Å². The van der Waals surface area contributed by atoms with Gasteiger partial charge >= 0.3 is 0 Å². The van der Waals surface area contributed by atoms with Gasteiger partial charge in [-0.15, -0.1) is 0 Å². The van der Waals surface area contributed by atoms with Gasteiger partial charge in [-0.25, -0.2) is 0 Å². The minimum absolute atomic E-state index is 0.207. The Balaban J connectivity index is 1.78. The van der Waals surface area contributed by atoms with Crippen molar-refractivity contribution in [3.63, 3.8) is 0 Å². The molecule has 1 aliphatic carbocycles. The Morgan fingerprint density at radius 3 is 2.52 bits per heavy atom. The highest BCUT2D eigenvalue weighted by Crippen LogP contribution is 2.17. The molecule has 0 atom stereocenters. The molecular formula is C17H24N2O3S. The summed E-state index contributed by atoms with van der Waals surface area (Å²) in [6.07, 6.45) is 5.96. The van der Waals surface area contributed by atoms with Crippen LogP contribution in [0, 0.1) is 0 Å². The summed E-state index contributed by atoms with van der Waals surface area (Å²) >= 11 is 5.23. The van der Waals surface area contributed by atoms with Gasteiger partial charge in [0.15, 0.2) is 5.11 Å². The maximum absolute atomic E-state index is 12.2. The average molecular weight is 336 g/mol.